The lowest BCUT2D eigenvalue weighted by atomic mass is 10.1. The molecule has 0 unspecified atom stereocenters. The molecule has 0 aliphatic rings. The van der Waals surface area contributed by atoms with Gasteiger partial charge in [0.25, 0.3) is 0 Å². The number of aromatic nitrogens is 6. The maximum atomic E-state index is 12.0. The lowest BCUT2D eigenvalue weighted by Gasteiger charge is -2.10. The SMILES string of the molecule is O=C(CCCn1cncn1)NCc1ccccc1-n1cncn1. The number of amides is 1. The first kappa shape index (κ1) is 14.9. The Kier molecular flexibility index (Phi) is 4.72. The van der Waals surface area contributed by atoms with Crippen molar-refractivity contribution in [3.63, 3.8) is 0 Å². The third kappa shape index (κ3) is 4.00. The fourth-order valence-electron chi connectivity index (χ4n) is 2.25. The normalized spacial score (nSPS) is 10.6. The summed E-state index contributed by atoms with van der Waals surface area (Å²) in [4.78, 5) is 19.8. The summed E-state index contributed by atoms with van der Waals surface area (Å²) >= 11 is 0. The minimum absolute atomic E-state index is 0.0125. The number of nitrogens with one attached hydrogen (secondary N) is 1. The molecule has 23 heavy (non-hydrogen) atoms. The van der Waals surface area contributed by atoms with Crippen molar-refractivity contribution in [2.75, 3.05) is 0 Å². The monoisotopic (exact) mass is 311 g/mol. The Morgan fingerprint density at radius 2 is 1.91 bits per heavy atom. The van der Waals surface area contributed by atoms with Crippen LogP contribution >= 0.6 is 0 Å². The Bertz CT molecular complexity index is 737. The molecular weight excluding hydrogens is 294 g/mol. The van der Waals surface area contributed by atoms with E-state index in [1.165, 1.54) is 12.7 Å². The number of carbonyl (C=O) groups excluding carboxylic acids is 1. The third-order valence-electron chi connectivity index (χ3n) is 3.39. The van der Waals surface area contributed by atoms with Gasteiger partial charge < -0.3 is 5.32 Å². The Morgan fingerprint density at radius 3 is 2.70 bits per heavy atom. The van der Waals surface area contributed by atoms with E-state index in [1.54, 1.807) is 22.0 Å². The van der Waals surface area contributed by atoms with Gasteiger partial charge in [0.1, 0.15) is 25.3 Å². The molecule has 0 aliphatic heterocycles. The van der Waals surface area contributed by atoms with Gasteiger partial charge in [0.15, 0.2) is 0 Å². The van der Waals surface area contributed by atoms with Crippen molar-refractivity contribution in [1.29, 1.82) is 0 Å². The third-order valence-corrected chi connectivity index (χ3v) is 3.39. The van der Waals surface area contributed by atoms with E-state index in [-0.39, 0.29) is 5.91 Å². The molecule has 0 atom stereocenters. The minimum atomic E-state index is 0.0125. The van der Waals surface area contributed by atoms with Crippen LogP contribution in [0.2, 0.25) is 0 Å². The molecule has 0 aliphatic carbocycles. The fraction of sp³-hybridized carbons (Fsp3) is 0.267. The van der Waals surface area contributed by atoms with E-state index < -0.39 is 0 Å². The summed E-state index contributed by atoms with van der Waals surface area (Å²) in [6.07, 6.45) is 7.43. The lowest BCUT2D eigenvalue weighted by molar-refractivity contribution is -0.121. The second kappa shape index (κ2) is 7.30. The number of aryl methyl sites for hydroxylation is 1. The molecule has 3 rings (SSSR count). The van der Waals surface area contributed by atoms with E-state index in [0.29, 0.717) is 19.5 Å². The van der Waals surface area contributed by atoms with Gasteiger partial charge in [-0.1, -0.05) is 18.2 Å². The predicted molar refractivity (Wildman–Crippen MR) is 82.5 cm³/mol. The van der Waals surface area contributed by atoms with Crippen LogP contribution in [0.5, 0.6) is 0 Å². The van der Waals surface area contributed by atoms with Crippen LogP contribution in [0.25, 0.3) is 5.69 Å². The minimum Gasteiger partial charge on any atom is -0.352 e. The lowest BCUT2D eigenvalue weighted by Crippen LogP contribution is -2.23. The van der Waals surface area contributed by atoms with E-state index >= 15 is 0 Å². The number of hydrogen-bond donors (Lipinski definition) is 1. The van der Waals surface area contributed by atoms with Crippen LogP contribution in [0.15, 0.2) is 49.6 Å². The van der Waals surface area contributed by atoms with Gasteiger partial charge in [-0.25, -0.2) is 14.6 Å². The van der Waals surface area contributed by atoms with Crippen LogP contribution in [0, 0.1) is 0 Å². The topological polar surface area (TPSA) is 90.5 Å². The van der Waals surface area contributed by atoms with Crippen molar-refractivity contribution in [1.82, 2.24) is 34.8 Å². The van der Waals surface area contributed by atoms with E-state index in [4.69, 9.17) is 0 Å². The summed E-state index contributed by atoms with van der Waals surface area (Å²) < 4.78 is 3.40. The van der Waals surface area contributed by atoms with Crippen LogP contribution in [-0.4, -0.2) is 35.4 Å². The second-order valence-electron chi connectivity index (χ2n) is 5.01. The molecule has 0 saturated heterocycles. The number of hydrogen-bond acceptors (Lipinski definition) is 5. The average molecular weight is 311 g/mol. The Morgan fingerprint density at radius 1 is 1.09 bits per heavy atom. The van der Waals surface area contributed by atoms with Gasteiger partial charge in [-0.3, -0.25) is 9.48 Å². The fourth-order valence-corrected chi connectivity index (χ4v) is 2.25. The zero-order chi connectivity index (χ0) is 15.9. The first-order chi connectivity index (χ1) is 11.3. The number of carbonyl (C=O) groups is 1. The molecule has 1 aromatic carbocycles. The Hall–Kier alpha value is -3.03. The summed E-state index contributed by atoms with van der Waals surface area (Å²) in [6.45, 7) is 1.14. The van der Waals surface area contributed by atoms with Gasteiger partial charge in [0, 0.05) is 19.5 Å². The highest BCUT2D eigenvalue weighted by atomic mass is 16.1. The van der Waals surface area contributed by atoms with Crippen molar-refractivity contribution < 1.29 is 4.79 Å². The molecule has 2 heterocycles. The highest BCUT2D eigenvalue weighted by Gasteiger charge is 2.07. The van der Waals surface area contributed by atoms with Crippen molar-refractivity contribution >= 4 is 5.91 Å². The maximum absolute atomic E-state index is 12.0. The molecule has 0 radical (unpaired) electrons. The van der Waals surface area contributed by atoms with Gasteiger partial charge in [-0.05, 0) is 18.1 Å². The van der Waals surface area contributed by atoms with E-state index in [0.717, 1.165) is 17.7 Å². The van der Waals surface area contributed by atoms with E-state index in [9.17, 15) is 4.79 Å². The van der Waals surface area contributed by atoms with Gasteiger partial charge in [-0.2, -0.15) is 10.2 Å². The smallest absolute Gasteiger partial charge is 0.220 e. The molecule has 0 spiro atoms. The molecule has 0 saturated carbocycles. The molecule has 2 aromatic heterocycles. The van der Waals surface area contributed by atoms with Crippen molar-refractivity contribution in [2.45, 2.75) is 25.9 Å². The Labute approximate surface area is 133 Å². The highest BCUT2D eigenvalue weighted by Crippen LogP contribution is 2.12. The summed E-state index contributed by atoms with van der Waals surface area (Å²) in [6, 6.07) is 7.78. The van der Waals surface area contributed by atoms with Crippen LogP contribution in [0.1, 0.15) is 18.4 Å². The molecule has 8 nitrogen and oxygen atoms in total. The Balaban J connectivity index is 1.51. The first-order valence-electron chi connectivity index (χ1n) is 7.35. The molecule has 1 amide bonds. The summed E-state index contributed by atoms with van der Waals surface area (Å²) in [7, 11) is 0. The summed E-state index contributed by atoms with van der Waals surface area (Å²) in [5, 5.41) is 11.1. The maximum Gasteiger partial charge on any atom is 0.220 e. The predicted octanol–water partition coefficient (Wildman–Crippen LogP) is 0.955. The number of benzene rings is 1. The van der Waals surface area contributed by atoms with Crippen molar-refractivity contribution in [3.05, 3.63) is 55.1 Å². The molecule has 0 bridgehead atoms. The molecule has 1 N–H and O–H groups in total. The summed E-state index contributed by atoms with van der Waals surface area (Å²) in [5.41, 5.74) is 1.90. The van der Waals surface area contributed by atoms with Crippen LogP contribution in [0.3, 0.4) is 0 Å². The quantitative estimate of drug-likeness (QED) is 0.701. The first-order valence-corrected chi connectivity index (χ1v) is 7.35. The average Bonchev–Trinajstić information content (AvgIpc) is 3.27. The van der Waals surface area contributed by atoms with Crippen molar-refractivity contribution in [2.24, 2.45) is 0 Å². The molecule has 8 heteroatoms. The van der Waals surface area contributed by atoms with Gasteiger partial charge in [0.2, 0.25) is 5.91 Å². The van der Waals surface area contributed by atoms with Gasteiger partial charge >= 0.3 is 0 Å². The highest BCUT2D eigenvalue weighted by molar-refractivity contribution is 5.75. The molecule has 3 aromatic rings. The number of para-hydroxylation sites is 1. The largest absolute Gasteiger partial charge is 0.352 e. The molecule has 118 valence electrons. The van der Waals surface area contributed by atoms with E-state index in [2.05, 4.69) is 25.5 Å². The van der Waals surface area contributed by atoms with Crippen LogP contribution in [-0.2, 0) is 17.9 Å². The van der Waals surface area contributed by atoms with Crippen molar-refractivity contribution in [3.8, 4) is 5.69 Å². The number of nitrogens with zero attached hydrogens (tertiary/aromatic N) is 6. The molecular formula is C15H17N7O. The zero-order valence-electron chi connectivity index (χ0n) is 12.5. The number of rotatable bonds is 7. The van der Waals surface area contributed by atoms with Crippen LogP contribution < -0.4 is 5.32 Å². The zero-order valence-corrected chi connectivity index (χ0v) is 12.5. The second-order valence-corrected chi connectivity index (χ2v) is 5.01. The summed E-state index contributed by atoms with van der Waals surface area (Å²) in [5.74, 6) is 0.0125. The van der Waals surface area contributed by atoms with E-state index in [1.807, 2.05) is 24.3 Å². The van der Waals surface area contributed by atoms with Gasteiger partial charge in [-0.15, -0.1) is 0 Å². The van der Waals surface area contributed by atoms with Crippen LogP contribution in [0.4, 0.5) is 0 Å². The molecule has 0 fully saturated rings. The standard InChI is InChI=1S/C15H17N7O/c23-15(6-3-7-21-11-16-9-19-21)18-8-13-4-1-2-5-14(13)22-12-17-10-20-22/h1-2,4-5,9-12H,3,6-8H2,(H,18,23). The van der Waals surface area contributed by atoms with Gasteiger partial charge in [0.05, 0.1) is 5.69 Å².